The lowest BCUT2D eigenvalue weighted by Crippen LogP contribution is -2.00. The van der Waals surface area contributed by atoms with E-state index in [1.165, 1.54) is 12.1 Å². The van der Waals surface area contributed by atoms with E-state index >= 15 is 0 Å². The zero-order chi connectivity index (χ0) is 12.6. The molecule has 1 aromatic heterocycles. The highest BCUT2D eigenvalue weighted by atomic mass is 35.7. The van der Waals surface area contributed by atoms with Crippen molar-refractivity contribution in [3.8, 4) is 5.69 Å². The first-order valence-electron chi connectivity index (χ1n) is 4.96. The van der Waals surface area contributed by atoms with Crippen LogP contribution in [0.15, 0.2) is 35.4 Å². The smallest absolute Gasteiger partial charge is 0.240 e. The quantitative estimate of drug-likeness (QED) is 0.788. The largest absolute Gasteiger partial charge is 0.261 e. The van der Waals surface area contributed by atoms with Crippen LogP contribution in [-0.2, 0) is 9.05 Å². The van der Waals surface area contributed by atoms with Crippen molar-refractivity contribution in [2.24, 2.45) is 0 Å². The van der Waals surface area contributed by atoms with Crippen molar-refractivity contribution in [1.82, 2.24) is 9.78 Å². The molecule has 0 aliphatic rings. The topological polar surface area (TPSA) is 52.0 Å². The number of aryl methyl sites for hydroxylation is 2. The second-order valence-electron chi connectivity index (χ2n) is 3.79. The van der Waals surface area contributed by atoms with Crippen LogP contribution in [0.5, 0.6) is 0 Å². The third kappa shape index (κ3) is 2.50. The van der Waals surface area contributed by atoms with E-state index in [0.29, 0.717) is 0 Å². The Morgan fingerprint density at radius 3 is 2.41 bits per heavy atom. The minimum absolute atomic E-state index is 0.101. The van der Waals surface area contributed by atoms with Gasteiger partial charge in [0.1, 0.15) is 0 Å². The monoisotopic (exact) mass is 270 g/mol. The summed E-state index contributed by atoms with van der Waals surface area (Å²) in [6, 6.07) is 6.58. The number of benzene rings is 1. The standard InChI is InChI=1S/C11H11ClN2O2S/c1-8-7-10(17(12,15)16)3-4-11(8)14-6-5-9(2)13-14/h3-7H,1-2H3. The van der Waals surface area contributed by atoms with Crippen LogP contribution in [0.3, 0.4) is 0 Å². The minimum atomic E-state index is -3.68. The molecule has 0 saturated carbocycles. The van der Waals surface area contributed by atoms with Crippen molar-refractivity contribution in [2.75, 3.05) is 0 Å². The molecule has 0 aliphatic carbocycles. The molecule has 90 valence electrons. The molecule has 0 radical (unpaired) electrons. The molecule has 0 spiro atoms. The number of hydrogen-bond donors (Lipinski definition) is 0. The Labute approximate surface area is 104 Å². The van der Waals surface area contributed by atoms with Gasteiger partial charge in [0.25, 0.3) is 9.05 Å². The van der Waals surface area contributed by atoms with Crippen molar-refractivity contribution in [1.29, 1.82) is 0 Å². The Balaban J connectivity index is 2.53. The van der Waals surface area contributed by atoms with E-state index in [1.54, 1.807) is 10.7 Å². The lowest BCUT2D eigenvalue weighted by Gasteiger charge is -2.07. The summed E-state index contributed by atoms with van der Waals surface area (Å²) in [4.78, 5) is 0.101. The van der Waals surface area contributed by atoms with Gasteiger partial charge in [0.15, 0.2) is 0 Å². The van der Waals surface area contributed by atoms with Crippen LogP contribution < -0.4 is 0 Å². The Kier molecular flexibility index (Phi) is 2.97. The molecule has 2 rings (SSSR count). The Bertz CT molecular complexity index is 662. The summed E-state index contributed by atoms with van der Waals surface area (Å²) in [6.07, 6.45) is 1.83. The van der Waals surface area contributed by atoms with Crippen molar-refractivity contribution < 1.29 is 8.42 Å². The van der Waals surface area contributed by atoms with Gasteiger partial charge in [0, 0.05) is 16.9 Å². The van der Waals surface area contributed by atoms with Crippen LogP contribution in [0, 0.1) is 13.8 Å². The molecular formula is C11H11ClN2O2S. The van der Waals surface area contributed by atoms with E-state index in [0.717, 1.165) is 16.9 Å². The molecule has 0 fully saturated rings. The van der Waals surface area contributed by atoms with Crippen LogP contribution in [0.25, 0.3) is 5.69 Å². The zero-order valence-corrected chi connectivity index (χ0v) is 11.0. The molecule has 0 atom stereocenters. The summed E-state index contributed by atoms with van der Waals surface area (Å²) in [5.41, 5.74) is 2.54. The maximum Gasteiger partial charge on any atom is 0.261 e. The van der Waals surface area contributed by atoms with Crippen molar-refractivity contribution in [2.45, 2.75) is 18.7 Å². The van der Waals surface area contributed by atoms with Gasteiger partial charge < -0.3 is 0 Å². The van der Waals surface area contributed by atoms with Crippen LogP contribution >= 0.6 is 10.7 Å². The lowest BCUT2D eigenvalue weighted by molar-refractivity contribution is 0.609. The third-order valence-electron chi connectivity index (χ3n) is 2.42. The molecule has 4 nitrogen and oxygen atoms in total. The average Bonchev–Trinajstić information content (AvgIpc) is 2.63. The Hall–Kier alpha value is -1.33. The van der Waals surface area contributed by atoms with Crippen LogP contribution in [-0.4, -0.2) is 18.2 Å². The molecule has 6 heteroatoms. The van der Waals surface area contributed by atoms with E-state index in [9.17, 15) is 8.42 Å². The van der Waals surface area contributed by atoms with Crippen molar-refractivity contribution >= 4 is 19.7 Å². The van der Waals surface area contributed by atoms with Gasteiger partial charge in [-0.3, -0.25) is 0 Å². The zero-order valence-electron chi connectivity index (χ0n) is 9.38. The molecule has 1 heterocycles. The first kappa shape index (κ1) is 12.1. The summed E-state index contributed by atoms with van der Waals surface area (Å²) in [7, 11) is 1.61. The molecule has 0 bridgehead atoms. The molecule has 0 unspecified atom stereocenters. The fourth-order valence-corrected chi connectivity index (χ4v) is 2.42. The predicted molar refractivity (Wildman–Crippen MR) is 66.1 cm³/mol. The SMILES string of the molecule is Cc1ccn(-c2ccc(S(=O)(=O)Cl)cc2C)n1. The highest BCUT2D eigenvalue weighted by Crippen LogP contribution is 2.21. The first-order valence-corrected chi connectivity index (χ1v) is 7.27. The van der Waals surface area contributed by atoms with Gasteiger partial charge in [0.2, 0.25) is 0 Å². The van der Waals surface area contributed by atoms with E-state index in [-0.39, 0.29) is 4.90 Å². The van der Waals surface area contributed by atoms with Gasteiger partial charge in [-0.25, -0.2) is 13.1 Å². The van der Waals surface area contributed by atoms with Crippen LogP contribution in [0.1, 0.15) is 11.3 Å². The van der Waals surface area contributed by atoms with Crippen LogP contribution in [0.4, 0.5) is 0 Å². The summed E-state index contributed by atoms with van der Waals surface area (Å²) in [6.45, 7) is 3.71. The lowest BCUT2D eigenvalue weighted by atomic mass is 10.2. The normalized spacial score (nSPS) is 11.7. The second-order valence-corrected chi connectivity index (χ2v) is 6.35. The summed E-state index contributed by atoms with van der Waals surface area (Å²) in [5, 5.41) is 4.27. The second kappa shape index (κ2) is 4.16. The maximum atomic E-state index is 11.2. The van der Waals surface area contributed by atoms with Gasteiger partial charge in [0.05, 0.1) is 16.3 Å². The van der Waals surface area contributed by atoms with E-state index in [2.05, 4.69) is 5.10 Å². The molecular weight excluding hydrogens is 260 g/mol. The number of hydrogen-bond acceptors (Lipinski definition) is 3. The summed E-state index contributed by atoms with van der Waals surface area (Å²) >= 11 is 0. The molecule has 17 heavy (non-hydrogen) atoms. The number of rotatable bonds is 2. The molecule has 2 aromatic rings. The molecule has 1 aromatic carbocycles. The number of nitrogens with zero attached hydrogens (tertiary/aromatic N) is 2. The number of halogens is 1. The van der Waals surface area contributed by atoms with Gasteiger partial charge in [-0.2, -0.15) is 5.10 Å². The highest BCUT2D eigenvalue weighted by Gasteiger charge is 2.12. The fraction of sp³-hybridized carbons (Fsp3) is 0.182. The molecule has 0 N–H and O–H groups in total. The van der Waals surface area contributed by atoms with Gasteiger partial charge >= 0.3 is 0 Å². The Morgan fingerprint density at radius 2 is 1.94 bits per heavy atom. The summed E-state index contributed by atoms with van der Waals surface area (Å²) in [5.74, 6) is 0. The fourth-order valence-electron chi connectivity index (χ4n) is 1.59. The molecule has 0 amide bonds. The predicted octanol–water partition coefficient (Wildman–Crippen LogP) is 2.42. The van der Waals surface area contributed by atoms with Gasteiger partial charge in [-0.1, -0.05) is 0 Å². The average molecular weight is 271 g/mol. The van der Waals surface area contributed by atoms with E-state index in [4.69, 9.17) is 10.7 Å². The summed E-state index contributed by atoms with van der Waals surface area (Å²) < 4.78 is 24.1. The molecule has 0 aliphatic heterocycles. The number of aromatic nitrogens is 2. The van der Waals surface area contributed by atoms with E-state index < -0.39 is 9.05 Å². The maximum absolute atomic E-state index is 11.2. The van der Waals surface area contributed by atoms with Gasteiger partial charge in [-0.05, 0) is 43.7 Å². The van der Waals surface area contributed by atoms with E-state index in [1.807, 2.05) is 26.1 Å². The van der Waals surface area contributed by atoms with Crippen molar-refractivity contribution in [3.05, 3.63) is 41.7 Å². The Morgan fingerprint density at radius 1 is 1.24 bits per heavy atom. The highest BCUT2D eigenvalue weighted by molar-refractivity contribution is 8.13. The third-order valence-corrected chi connectivity index (χ3v) is 3.77. The van der Waals surface area contributed by atoms with Crippen LogP contribution in [0.2, 0.25) is 0 Å². The minimum Gasteiger partial charge on any atom is -0.240 e. The van der Waals surface area contributed by atoms with Crippen molar-refractivity contribution in [3.63, 3.8) is 0 Å². The van der Waals surface area contributed by atoms with Gasteiger partial charge in [-0.15, -0.1) is 0 Å². The first-order chi connectivity index (χ1) is 7.88. The molecule has 0 saturated heterocycles.